The Labute approximate surface area is 124 Å². The van der Waals surface area contributed by atoms with Crippen LogP contribution in [0.15, 0.2) is 45.2 Å². The van der Waals surface area contributed by atoms with E-state index in [0.29, 0.717) is 5.69 Å². The molecule has 0 saturated heterocycles. The minimum absolute atomic E-state index is 0.176. The molecule has 106 valence electrons. The second-order valence-corrected chi connectivity index (χ2v) is 5.46. The number of nitrogens with zero attached hydrogens (tertiary/aromatic N) is 1. The van der Waals surface area contributed by atoms with Crippen LogP contribution in [0.4, 0.5) is 5.69 Å². The molecule has 2 rings (SSSR count). The van der Waals surface area contributed by atoms with E-state index in [1.807, 2.05) is 0 Å². The number of esters is 1. The third kappa shape index (κ3) is 3.11. The highest BCUT2D eigenvalue weighted by molar-refractivity contribution is 9.10. The first-order valence-electron chi connectivity index (χ1n) is 5.74. The van der Waals surface area contributed by atoms with Crippen LogP contribution in [0.3, 0.4) is 0 Å². The Bertz CT molecular complexity index is 605. The maximum absolute atomic E-state index is 11.8. The van der Waals surface area contributed by atoms with Gasteiger partial charge in [0.15, 0.2) is 5.57 Å². The molecule has 0 atom stereocenters. The molecule has 1 heterocycles. The Balaban J connectivity index is 2.35. The number of aliphatic imine (C=N–C) groups is 1. The van der Waals surface area contributed by atoms with E-state index >= 15 is 0 Å². The lowest BCUT2D eigenvalue weighted by molar-refractivity contribution is -0.220. The predicted octanol–water partition coefficient (Wildman–Crippen LogP) is 2.52. The number of hydrogen-bond donors (Lipinski definition) is 2. The van der Waals surface area contributed by atoms with E-state index in [1.165, 1.54) is 13.8 Å². The van der Waals surface area contributed by atoms with Gasteiger partial charge < -0.3 is 20.3 Å². The monoisotopic (exact) mass is 340 g/mol. The standard InChI is InChI=1S/C13H13BrN2O4/c1-13(2)19-11(17)9(12(18)20-13)10(15)16-8-5-3-7(14)4-6-8/h3-6,17H,1-2H3,(H2,15,16). The number of nitrogens with two attached hydrogens (primary N) is 1. The average Bonchev–Trinajstić information content (AvgIpc) is 2.29. The van der Waals surface area contributed by atoms with E-state index in [2.05, 4.69) is 20.9 Å². The predicted molar refractivity (Wildman–Crippen MR) is 76.3 cm³/mol. The van der Waals surface area contributed by atoms with E-state index in [4.69, 9.17) is 15.2 Å². The van der Waals surface area contributed by atoms with Crippen LogP contribution in [-0.2, 0) is 14.3 Å². The summed E-state index contributed by atoms with van der Waals surface area (Å²) < 4.78 is 10.9. The Hall–Kier alpha value is -2.02. The van der Waals surface area contributed by atoms with Gasteiger partial charge in [0.25, 0.3) is 11.7 Å². The van der Waals surface area contributed by atoms with Gasteiger partial charge in [-0.3, -0.25) is 0 Å². The molecule has 6 nitrogen and oxygen atoms in total. The van der Waals surface area contributed by atoms with E-state index in [-0.39, 0.29) is 11.4 Å². The molecular formula is C13H13BrN2O4. The summed E-state index contributed by atoms with van der Waals surface area (Å²) in [5.74, 6) is -2.78. The molecule has 1 aromatic carbocycles. The average molecular weight is 341 g/mol. The molecule has 0 spiro atoms. The summed E-state index contributed by atoms with van der Waals surface area (Å²) in [6.45, 7) is 3.00. The van der Waals surface area contributed by atoms with Gasteiger partial charge in [-0.1, -0.05) is 15.9 Å². The number of amidine groups is 1. The molecule has 0 bridgehead atoms. The van der Waals surface area contributed by atoms with Crippen LogP contribution in [0.1, 0.15) is 13.8 Å². The number of cyclic esters (lactones) is 1. The second kappa shape index (κ2) is 5.16. The highest BCUT2D eigenvalue weighted by Gasteiger charge is 2.37. The first-order valence-corrected chi connectivity index (χ1v) is 6.53. The summed E-state index contributed by atoms with van der Waals surface area (Å²) in [5, 5.41) is 9.76. The SMILES string of the molecule is CC1(C)OC(=O)C(C(N)=Nc2ccc(Br)cc2)=C(O)O1. The van der Waals surface area contributed by atoms with Crippen molar-refractivity contribution in [2.75, 3.05) is 0 Å². The second-order valence-electron chi connectivity index (χ2n) is 4.55. The molecule has 20 heavy (non-hydrogen) atoms. The summed E-state index contributed by atoms with van der Waals surface area (Å²) >= 11 is 3.30. The zero-order valence-electron chi connectivity index (χ0n) is 10.9. The zero-order valence-corrected chi connectivity index (χ0v) is 12.5. The zero-order chi connectivity index (χ0) is 14.9. The van der Waals surface area contributed by atoms with Gasteiger partial charge in [-0.15, -0.1) is 0 Å². The Morgan fingerprint density at radius 1 is 1.30 bits per heavy atom. The lowest BCUT2D eigenvalue weighted by Gasteiger charge is -2.30. The minimum atomic E-state index is -1.23. The van der Waals surface area contributed by atoms with E-state index < -0.39 is 17.7 Å². The summed E-state index contributed by atoms with van der Waals surface area (Å²) in [6, 6.07) is 6.96. The molecule has 3 N–H and O–H groups in total. The number of ether oxygens (including phenoxy) is 2. The van der Waals surface area contributed by atoms with Gasteiger partial charge in [-0.05, 0) is 24.3 Å². The van der Waals surface area contributed by atoms with Crippen molar-refractivity contribution in [1.29, 1.82) is 0 Å². The largest absolute Gasteiger partial charge is 0.480 e. The third-order valence-electron chi connectivity index (χ3n) is 2.43. The quantitative estimate of drug-likeness (QED) is 0.490. The van der Waals surface area contributed by atoms with Crippen molar-refractivity contribution in [2.45, 2.75) is 19.6 Å². The van der Waals surface area contributed by atoms with Crippen molar-refractivity contribution in [3.05, 3.63) is 40.3 Å². The number of halogens is 1. The van der Waals surface area contributed by atoms with Gasteiger partial charge in [-0.25, -0.2) is 9.79 Å². The molecule has 0 fully saturated rings. The molecule has 1 aliphatic rings. The highest BCUT2D eigenvalue weighted by atomic mass is 79.9. The van der Waals surface area contributed by atoms with Crippen molar-refractivity contribution in [3.8, 4) is 0 Å². The van der Waals surface area contributed by atoms with E-state index in [0.717, 1.165) is 4.47 Å². The lowest BCUT2D eigenvalue weighted by atomic mass is 10.2. The van der Waals surface area contributed by atoms with Crippen LogP contribution in [0, 0.1) is 0 Å². The number of aliphatic hydroxyl groups is 1. The van der Waals surface area contributed by atoms with Gasteiger partial charge in [0.2, 0.25) is 0 Å². The fraction of sp³-hybridized carbons (Fsp3) is 0.231. The molecule has 0 aromatic heterocycles. The van der Waals surface area contributed by atoms with Crippen LogP contribution in [0.2, 0.25) is 0 Å². The Kier molecular flexibility index (Phi) is 3.71. The number of aliphatic hydroxyl groups excluding tert-OH is 1. The summed E-state index contributed by atoms with van der Waals surface area (Å²) in [4.78, 5) is 15.9. The molecule has 0 unspecified atom stereocenters. The van der Waals surface area contributed by atoms with Gasteiger partial charge >= 0.3 is 5.97 Å². The number of rotatable bonds is 2. The topological polar surface area (TPSA) is 94.1 Å². The fourth-order valence-electron chi connectivity index (χ4n) is 1.59. The van der Waals surface area contributed by atoms with Gasteiger partial charge in [0.1, 0.15) is 5.84 Å². The van der Waals surface area contributed by atoms with Crippen molar-refractivity contribution < 1.29 is 19.4 Å². The molecule has 0 radical (unpaired) electrons. The van der Waals surface area contributed by atoms with Crippen LogP contribution >= 0.6 is 15.9 Å². The van der Waals surface area contributed by atoms with Gasteiger partial charge in [0.05, 0.1) is 5.69 Å². The van der Waals surface area contributed by atoms with Crippen molar-refractivity contribution in [2.24, 2.45) is 10.7 Å². The third-order valence-corrected chi connectivity index (χ3v) is 2.96. The number of benzene rings is 1. The highest BCUT2D eigenvalue weighted by Crippen LogP contribution is 2.26. The molecule has 0 saturated carbocycles. The first kappa shape index (κ1) is 14.4. The maximum Gasteiger partial charge on any atom is 0.352 e. The van der Waals surface area contributed by atoms with Gasteiger partial charge in [0, 0.05) is 18.3 Å². The molecule has 0 amide bonds. The van der Waals surface area contributed by atoms with Crippen molar-refractivity contribution in [3.63, 3.8) is 0 Å². The van der Waals surface area contributed by atoms with Crippen LogP contribution in [-0.4, -0.2) is 22.7 Å². The van der Waals surface area contributed by atoms with Crippen LogP contribution in [0.25, 0.3) is 0 Å². The number of hydrogen-bond acceptors (Lipinski definition) is 5. The van der Waals surface area contributed by atoms with E-state index in [9.17, 15) is 9.90 Å². The van der Waals surface area contributed by atoms with Gasteiger partial charge in [-0.2, -0.15) is 0 Å². The maximum atomic E-state index is 11.8. The summed E-state index contributed by atoms with van der Waals surface area (Å²) in [7, 11) is 0. The van der Waals surface area contributed by atoms with Crippen LogP contribution in [0.5, 0.6) is 0 Å². The van der Waals surface area contributed by atoms with Crippen molar-refractivity contribution >= 4 is 33.4 Å². The molecule has 1 aliphatic heterocycles. The number of carbonyl (C=O) groups excluding carboxylic acids is 1. The molecule has 1 aromatic rings. The molecular weight excluding hydrogens is 328 g/mol. The fourth-order valence-corrected chi connectivity index (χ4v) is 1.86. The summed E-state index contributed by atoms with van der Waals surface area (Å²) in [6.07, 6.45) is 0. The minimum Gasteiger partial charge on any atom is -0.480 e. The first-order chi connectivity index (χ1) is 9.28. The lowest BCUT2D eigenvalue weighted by Crippen LogP contribution is -2.40. The number of carbonyl (C=O) groups is 1. The molecule has 7 heteroatoms. The Morgan fingerprint density at radius 2 is 1.90 bits per heavy atom. The van der Waals surface area contributed by atoms with Crippen molar-refractivity contribution in [1.82, 2.24) is 0 Å². The molecule has 0 aliphatic carbocycles. The van der Waals surface area contributed by atoms with E-state index in [1.54, 1.807) is 24.3 Å². The smallest absolute Gasteiger partial charge is 0.352 e. The Morgan fingerprint density at radius 3 is 2.45 bits per heavy atom. The van der Waals surface area contributed by atoms with Crippen LogP contribution < -0.4 is 5.73 Å². The normalized spacial score (nSPS) is 18.6. The summed E-state index contributed by atoms with van der Waals surface area (Å²) in [5.41, 5.74) is 5.97.